The number of ether oxygens (including phenoxy) is 1. The van der Waals surface area contributed by atoms with Crippen molar-refractivity contribution in [1.29, 1.82) is 0 Å². The van der Waals surface area contributed by atoms with Gasteiger partial charge in [0.25, 0.3) is 11.8 Å². The monoisotopic (exact) mass is 504 g/mol. The Labute approximate surface area is 215 Å². The second-order valence-electron chi connectivity index (χ2n) is 8.58. The van der Waals surface area contributed by atoms with Gasteiger partial charge in [-0.3, -0.25) is 20.4 Å². The summed E-state index contributed by atoms with van der Waals surface area (Å²) in [5.74, 6) is -0.773. The normalized spacial score (nSPS) is 11.1. The molecule has 38 heavy (non-hydrogen) atoms. The van der Waals surface area contributed by atoms with Crippen LogP contribution in [0, 0.1) is 0 Å². The van der Waals surface area contributed by atoms with E-state index in [4.69, 9.17) is 9.15 Å². The van der Waals surface area contributed by atoms with Gasteiger partial charge in [-0.05, 0) is 42.0 Å². The van der Waals surface area contributed by atoms with Crippen LogP contribution in [-0.2, 0) is 0 Å². The average molecular weight is 505 g/mol. The van der Waals surface area contributed by atoms with Crippen molar-refractivity contribution >= 4 is 44.7 Å². The summed E-state index contributed by atoms with van der Waals surface area (Å²) in [6.07, 6.45) is 0. The number of methoxy groups -OCH3 is 1. The maximum absolute atomic E-state index is 13.2. The van der Waals surface area contributed by atoms with Crippen LogP contribution in [0.1, 0.15) is 20.8 Å². The predicted molar refractivity (Wildman–Crippen MR) is 143 cm³/mol. The highest BCUT2D eigenvalue weighted by Gasteiger charge is 2.21. The Bertz CT molecular complexity index is 1930. The molecule has 3 N–H and O–H groups in total. The lowest BCUT2D eigenvalue weighted by Gasteiger charge is -2.09. The van der Waals surface area contributed by atoms with Gasteiger partial charge in [0.15, 0.2) is 0 Å². The maximum Gasteiger partial charge on any atom is 0.350 e. The number of benzene rings is 3. The number of fused-ring (bicyclic) bond motifs is 3. The summed E-state index contributed by atoms with van der Waals surface area (Å²) < 4.78 is 10.7. The van der Waals surface area contributed by atoms with Gasteiger partial charge in [-0.25, -0.2) is 9.78 Å². The summed E-state index contributed by atoms with van der Waals surface area (Å²) in [4.78, 5) is 46.1. The van der Waals surface area contributed by atoms with Gasteiger partial charge in [0, 0.05) is 27.2 Å². The number of aromatic nitrogens is 2. The Hall–Kier alpha value is -5.44. The number of pyridine rings is 1. The number of hydrazine groups is 1. The zero-order valence-electron chi connectivity index (χ0n) is 20.1. The zero-order valence-corrected chi connectivity index (χ0v) is 20.1. The molecule has 3 aromatic heterocycles. The number of nitrogens with one attached hydrogen (secondary N) is 3. The van der Waals surface area contributed by atoms with E-state index in [1.165, 1.54) is 6.07 Å². The van der Waals surface area contributed by atoms with Gasteiger partial charge in [0.05, 0.1) is 12.6 Å². The molecule has 0 radical (unpaired) electrons. The molecule has 186 valence electrons. The molecule has 0 fully saturated rings. The Morgan fingerprint density at radius 2 is 1.63 bits per heavy atom. The third-order valence-corrected chi connectivity index (χ3v) is 6.26. The van der Waals surface area contributed by atoms with Crippen LogP contribution in [0.2, 0.25) is 0 Å². The summed E-state index contributed by atoms with van der Waals surface area (Å²) in [7, 11) is 1.57. The SMILES string of the molecule is COc1ccc2[nH]c(C(=O)NNC(=O)c3cc4cc5ccccc5nc4oc3=O)c(-c3ccccc3)c2c1. The standard InChI is InChI=1S/C29H20N4O5/c1-37-19-11-12-23-20(15-19)24(16-7-3-2-4-8-16)25(30-23)27(35)33-32-26(34)21-14-18-13-17-9-5-6-10-22(17)31-28(18)38-29(21)36/h2-15,30H,1H3,(H,32,34)(H,33,35). The zero-order chi connectivity index (χ0) is 26.2. The highest BCUT2D eigenvalue weighted by Crippen LogP contribution is 2.34. The molecule has 0 atom stereocenters. The van der Waals surface area contributed by atoms with E-state index in [1.807, 2.05) is 60.7 Å². The first-order valence-corrected chi connectivity index (χ1v) is 11.7. The largest absolute Gasteiger partial charge is 0.497 e. The molecule has 0 aliphatic heterocycles. The number of amides is 2. The number of H-pyrrole nitrogens is 1. The van der Waals surface area contributed by atoms with Crippen LogP contribution in [0.5, 0.6) is 5.75 Å². The van der Waals surface area contributed by atoms with E-state index < -0.39 is 17.4 Å². The van der Waals surface area contributed by atoms with Gasteiger partial charge >= 0.3 is 5.63 Å². The van der Waals surface area contributed by atoms with Gasteiger partial charge in [-0.1, -0.05) is 48.5 Å². The first kappa shape index (κ1) is 23.0. The molecule has 0 unspecified atom stereocenters. The molecule has 3 heterocycles. The molecule has 0 saturated carbocycles. The number of rotatable bonds is 4. The number of aromatic amines is 1. The fourth-order valence-corrected chi connectivity index (χ4v) is 4.43. The second kappa shape index (κ2) is 9.21. The molecule has 9 nitrogen and oxygen atoms in total. The van der Waals surface area contributed by atoms with Crippen molar-refractivity contribution < 1.29 is 18.7 Å². The molecule has 2 amide bonds. The van der Waals surface area contributed by atoms with Crippen LogP contribution in [0.3, 0.4) is 0 Å². The second-order valence-corrected chi connectivity index (χ2v) is 8.58. The van der Waals surface area contributed by atoms with E-state index in [0.29, 0.717) is 22.2 Å². The summed E-state index contributed by atoms with van der Waals surface area (Å²) in [6, 6.07) is 25.4. The summed E-state index contributed by atoms with van der Waals surface area (Å²) in [6.45, 7) is 0. The Balaban J connectivity index is 1.31. The van der Waals surface area contributed by atoms with Crippen LogP contribution >= 0.6 is 0 Å². The molecule has 0 aliphatic carbocycles. The average Bonchev–Trinajstić information content (AvgIpc) is 3.33. The van der Waals surface area contributed by atoms with E-state index in [0.717, 1.165) is 21.9 Å². The molecule has 6 rings (SSSR count). The van der Waals surface area contributed by atoms with Crippen LogP contribution in [0.4, 0.5) is 0 Å². The third kappa shape index (κ3) is 4.01. The summed E-state index contributed by atoms with van der Waals surface area (Å²) in [5.41, 5.74) is 6.79. The van der Waals surface area contributed by atoms with Crippen molar-refractivity contribution in [2.45, 2.75) is 0 Å². The van der Waals surface area contributed by atoms with Crippen LogP contribution in [0.15, 0.2) is 94.1 Å². The maximum atomic E-state index is 13.2. The third-order valence-electron chi connectivity index (χ3n) is 6.26. The van der Waals surface area contributed by atoms with Gasteiger partial charge in [0.1, 0.15) is 17.0 Å². The lowest BCUT2D eigenvalue weighted by atomic mass is 10.0. The molecule has 3 aromatic carbocycles. The van der Waals surface area contributed by atoms with Gasteiger partial charge in [0.2, 0.25) is 5.71 Å². The number of para-hydroxylation sites is 1. The number of carbonyl (C=O) groups excluding carboxylic acids is 2. The number of hydrogen-bond acceptors (Lipinski definition) is 6. The number of carbonyl (C=O) groups is 2. The quantitative estimate of drug-likeness (QED) is 0.238. The molecular formula is C29H20N4O5. The summed E-state index contributed by atoms with van der Waals surface area (Å²) in [5, 5.41) is 2.09. The van der Waals surface area contributed by atoms with E-state index in [-0.39, 0.29) is 17.0 Å². The molecule has 6 aromatic rings. The van der Waals surface area contributed by atoms with E-state index in [2.05, 4.69) is 20.8 Å². The topological polar surface area (TPSA) is 126 Å². The highest BCUT2D eigenvalue weighted by atomic mass is 16.5. The van der Waals surface area contributed by atoms with Crippen molar-refractivity contribution in [3.05, 3.63) is 107 Å². The van der Waals surface area contributed by atoms with Crippen molar-refractivity contribution in [2.75, 3.05) is 7.11 Å². The molecule has 0 spiro atoms. The molecule has 0 saturated heterocycles. The first-order chi connectivity index (χ1) is 18.5. The minimum absolute atomic E-state index is 0.121. The molecule has 0 bridgehead atoms. The van der Waals surface area contributed by atoms with Crippen molar-refractivity contribution in [3.63, 3.8) is 0 Å². The van der Waals surface area contributed by atoms with E-state index in [1.54, 1.807) is 25.3 Å². The minimum atomic E-state index is -0.866. The van der Waals surface area contributed by atoms with Crippen molar-refractivity contribution in [3.8, 4) is 16.9 Å². The lowest BCUT2D eigenvalue weighted by Crippen LogP contribution is -2.43. The van der Waals surface area contributed by atoms with Crippen LogP contribution in [-0.4, -0.2) is 28.9 Å². The number of hydrogen-bond donors (Lipinski definition) is 3. The predicted octanol–water partition coefficient (Wildman–Crippen LogP) is 4.57. The lowest BCUT2D eigenvalue weighted by molar-refractivity contribution is 0.0842. The fourth-order valence-electron chi connectivity index (χ4n) is 4.43. The first-order valence-electron chi connectivity index (χ1n) is 11.7. The molecule has 9 heteroatoms. The Morgan fingerprint density at radius 1 is 0.868 bits per heavy atom. The van der Waals surface area contributed by atoms with Crippen molar-refractivity contribution in [1.82, 2.24) is 20.8 Å². The smallest absolute Gasteiger partial charge is 0.350 e. The molecular weight excluding hydrogens is 484 g/mol. The van der Waals surface area contributed by atoms with Crippen LogP contribution < -0.4 is 21.2 Å². The van der Waals surface area contributed by atoms with Gasteiger partial charge in [-0.2, -0.15) is 0 Å². The van der Waals surface area contributed by atoms with Gasteiger partial charge < -0.3 is 14.1 Å². The summed E-state index contributed by atoms with van der Waals surface area (Å²) >= 11 is 0. The Morgan fingerprint density at radius 3 is 2.45 bits per heavy atom. The van der Waals surface area contributed by atoms with E-state index in [9.17, 15) is 14.4 Å². The highest BCUT2D eigenvalue weighted by molar-refractivity contribution is 6.10. The number of nitrogens with zero attached hydrogens (tertiary/aromatic N) is 1. The minimum Gasteiger partial charge on any atom is -0.497 e. The Kier molecular flexibility index (Phi) is 5.57. The van der Waals surface area contributed by atoms with Gasteiger partial charge in [-0.15, -0.1) is 0 Å². The molecule has 0 aliphatic rings. The fraction of sp³-hybridized carbons (Fsp3) is 0.0345. The van der Waals surface area contributed by atoms with Crippen molar-refractivity contribution in [2.24, 2.45) is 0 Å². The van der Waals surface area contributed by atoms with E-state index >= 15 is 0 Å². The van der Waals surface area contributed by atoms with Crippen LogP contribution in [0.25, 0.3) is 44.0 Å².